The molecular weight excluding hydrogens is 434 g/mol. The van der Waals surface area contributed by atoms with E-state index in [1.807, 2.05) is 20.8 Å². The molecule has 2 unspecified atom stereocenters. The number of aromatic amines is 1. The average Bonchev–Trinajstić information content (AvgIpc) is 3.00. The lowest BCUT2D eigenvalue weighted by molar-refractivity contribution is -0.138. The van der Waals surface area contributed by atoms with E-state index in [0.29, 0.717) is 17.1 Å². The van der Waals surface area contributed by atoms with Crippen LogP contribution >= 0.6 is 0 Å². The van der Waals surface area contributed by atoms with Crippen molar-refractivity contribution in [3.63, 3.8) is 0 Å². The third-order valence-corrected chi connectivity index (χ3v) is 5.22. The molecule has 0 radical (unpaired) electrons. The average molecular weight is 462 g/mol. The molecule has 1 aromatic heterocycles. The summed E-state index contributed by atoms with van der Waals surface area (Å²) in [6.45, 7) is 7.11. The van der Waals surface area contributed by atoms with Crippen molar-refractivity contribution in [3.05, 3.63) is 47.5 Å². The summed E-state index contributed by atoms with van der Waals surface area (Å²) in [6.07, 6.45) is -5.86. The maximum Gasteiger partial charge on any atom is 0.416 e. The van der Waals surface area contributed by atoms with Gasteiger partial charge in [0.1, 0.15) is 0 Å². The summed E-state index contributed by atoms with van der Waals surface area (Å²) in [4.78, 5) is 2.80. The molecule has 9 heteroatoms. The highest BCUT2D eigenvalue weighted by atomic mass is 19.4. The Labute approximate surface area is 182 Å². The van der Waals surface area contributed by atoms with Gasteiger partial charge in [0.2, 0.25) is 0 Å². The molecule has 4 rings (SSSR count). The molecule has 1 saturated heterocycles. The van der Waals surface area contributed by atoms with Crippen molar-refractivity contribution in [3.8, 4) is 0 Å². The van der Waals surface area contributed by atoms with Gasteiger partial charge in [-0.1, -0.05) is 13.8 Å². The standard InChI is InChI=1S/C14H7F6N.C7H15NO.C2H6/c15-13(16,17)7-1-3-11-9(5-7)10-6-8(14(18,19)20)2-4-12(10)21-11;1-6-7(9)4-2-3-5-8-6;1-2/h1-6,21H;6-9H,2-5H2,1H3;1-2H3. The third-order valence-electron chi connectivity index (χ3n) is 5.22. The van der Waals surface area contributed by atoms with Crippen LogP contribution in [0.5, 0.6) is 0 Å². The lowest BCUT2D eigenvalue weighted by atomic mass is 10.1. The van der Waals surface area contributed by atoms with Gasteiger partial charge >= 0.3 is 12.4 Å². The number of benzene rings is 2. The van der Waals surface area contributed by atoms with E-state index < -0.39 is 23.5 Å². The normalized spacial score (nSPS) is 19.6. The monoisotopic (exact) mass is 462 g/mol. The van der Waals surface area contributed by atoms with Crippen molar-refractivity contribution in [2.24, 2.45) is 0 Å². The number of fused-ring (bicyclic) bond motifs is 3. The van der Waals surface area contributed by atoms with Gasteiger partial charge in [-0.25, -0.2) is 0 Å². The summed E-state index contributed by atoms with van der Waals surface area (Å²) in [5.41, 5.74) is -1.07. The summed E-state index contributed by atoms with van der Waals surface area (Å²) < 4.78 is 76.2. The SMILES string of the molecule is CC.CC1NCCCCC1O.FC(F)(F)c1ccc2[nH]c3ccc(C(F)(F)F)cc3c2c1. The van der Waals surface area contributed by atoms with E-state index >= 15 is 0 Å². The van der Waals surface area contributed by atoms with Gasteiger partial charge in [-0.15, -0.1) is 0 Å². The molecule has 0 aliphatic carbocycles. The van der Waals surface area contributed by atoms with Crippen LogP contribution in [0.4, 0.5) is 26.3 Å². The fraction of sp³-hybridized carbons (Fsp3) is 0.478. The number of hydrogen-bond donors (Lipinski definition) is 3. The van der Waals surface area contributed by atoms with Gasteiger partial charge < -0.3 is 15.4 Å². The first-order valence-electron chi connectivity index (χ1n) is 10.6. The van der Waals surface area contributed by atoms with E-state index in [1.54, 1.807) is 0 Å². The first kappa shape index (κ1) is 26.0. The van der Waals surface area contributed by atoms with Crippen LogP contribution in [-0.2, 0) is 12.4 Å². The van der Waals surface area contributed by atoms with Gasteiger partial charge in [0.05, 0.1) is 17.2 Å². The highest BCUT2D eigenvalue weighted by molar-refractivity contribution is 6.07. The molecular formula is C23H28F6N2O. The number of aliphatic hydroxyl groups excluding tert-OH is 1. The van der Waals surface area contributed by atoms with Crippen LogP contribution in [0.1, 0.15) is 51.2 Å². The van der Waals surface area contributed by atoms with Gasteiger partial charge in [0.25, 0.3) is 0 Å². The summed E-state index contributed by atoms with van der Waals surface area (Å²) in [7, 11) is 0. The first-order chi connectivity index (χ1) is 15.0. The van der Waals surface area contributed by atoms with Crippen LogP contribution in [0.25, 0.3) is 21.8 Å². The van der Waals surface area contributed by atoms with Crippen LogP contribution < -0.4 is 5.32 Å². The lowest BCUT2D eigenvalue weighted by Gasteiger charge is -2.15. The Morgan fingerprint density at radius 2 is 1.28 bits per heavy atom. The maximum atomic E-state index is 12.7. The van der Waals surface area contributed by atoms with E-state index in [-0.39, 0.29) is 16.9 Å². The predicted molar refractivity (Wildman–Crippen MR) is 114 cm³/mol. The zero-order valence-electron chi connectivity index (χ0n) is 18.2. The van der Waals surface area contributed by atoms with Crippen molar-refractivity contribution in [2.75, 3.05) is 6.54 Å². The highest BCUT2D eigenvalue weighted by Crippen LogP contribution is 2.36. The van der Waals surface area contributed by atoms with Crippen LogP contribution in [0.3, 0.4) is 0 Å². The van der Waals surface area contributed by atoms with Crippen LogP contribution in [0.15, 0.2) is 36.4 Å². The smallest absolute Gasteiger partial charge is 0.392 e. The number of hydrogen-bond acceptors (Lipinski definition) is 2. The second-order valence-electron chi connectivity index (χ2n) is 7.45. The molecule has 32 heavy (non-hydrogen) atoms. The Balaban J connectivity index is 0.000000277. The minimum atomic E-state index is -4.54. The number of alkyl halides is 6. The Bertz CT molecular complexity index is 931. The molecule has 3 N–H and O–H groups in total. The second-order valence-corrected chi connectivity index (χ2v) is 7.45. The molecule has 2 atom stereocenters. The zero-order chi connectivity index (χ0) is 24.1. The van der Waals surface area contributed by atoms with E-state index in [0.717, 1.165) is 37.2 Å². The van der Waals surface area contributed by atoms with Gasteiger partial charge in [-0.05, 0) is 69.1 Å². The van der Waals surface area contributed by atoms with Gasteiger partial charge in [0, 0.05) is 27.8 Å². The predicted octanol–water partition coefficient (Wildman–Crippen LogP) is 6.89. The van der Waals surface area contributed by atoms with E-state index in [1.165, 1.54) is 25.0 Å². The molecule has 0 spiro atoms. The minimum absolute atomic E-state index is 0.117. The maximum absolute atomic E-state index is 12.7. The molecule has 0 saturated carbocycles. The summed E-state index contributed by atoms with van der Waals surface area (Å²) in [6, 6.07) is 6.22. The fourth-order valence-electron chi connectivity index (χ4n) is 3.44. The number of aliphatic hydroxyl groups is 1. The summed E-state index contributed by atoms with van der Waals surface area (Å²) in [5, 5.41) is 12.8. The summed E-state index contributed by atoms with van der Waals surface area (Å²) >= 11 is 0. The zero-order valence-corrected chi connectivity index (χ0v) is 18.2. The fourth-order valence-corrected chi connectivity index (χ4v) is 3.44. The number of H-pyrrole nitrogens is 1. The largest absolute Gasteiger partial charge is 0.416 e. The van der Waals surface area contributed by atoms with E-state index in [2.05, 4.69) is 10.3 Å². The highest BCUT2D eigenvalue weighted by Gasteiger charge is 2.32. The Kier molecular flexibility index (Phi) is 8.59. The molecule has 2 aromatic carbocycles. The number of nitrogens with one attached hydrogen (secondary N) is 2. The second kappa shape index (κ2) is 10.6. The van der Waals surface area contributed by atoms with Crippen molar-refractivity contribution in [1.82, 2.24) is 10.3 Å². The van der Waals surface area contributed by atoms with Crippen molar-refractivity contribution in [1.29, 1.82) is 0 Å². The molecule has 3 nitrogen and oxygen atoms in total. The van der Waals surface area contributed by atoms with E-state index in [9.17, 15) is 31.4 Å². The molecule has 1 fully saturated rings. The van der Waals surface area contributed by atoms with Gasteiger partial charge in [-0.3, -0.25) is 0 Å². The Hall–Kier alpha value is -2.26. The molecule has 3 aromatic rings. The first-order valence-corrected chi connectivity index (χ1v) is 10.6. The topological polar surface area (TPSA) is 48.0 Å². The molecule has 2 heterocycles. The van der Waals surface area contributed by atoms with Crippen molar-refractivity contribution >= 4 is 21.8 Å². The molecule has 1 aliphatic heterocycles. The number of aromatic nitrogens is 1. The Morgan fingerprint density at radius 1 is 0.812 bits per heavy atom. The number of halogens is 6. The summed E-state index contributed by atoms with van der Waals surface area (Å²) in [5.74, 6) is 0. The van der Waals surface area contributed by atoms with Crippen LogP contribution in [-0.4, -0.2) is 28.8 Å². The molecule has 1 aliphatic rings. The Morgan fingerprint density at radius 3 is 1.72 bits per heavy atom. The quantitative estimate of drug-likeness (QED) is 0.319. The lowest BCUT2D eigenvalue weighted by Crippen LogP contribution is -2.35. The van der Waals surface area contributed by atoms with Crippen molar-refractivity contribution < 1.29 is 31.4 Å². The van der Waals surface area contributed by atoms with Crippen LogP contribution in [0.2, 0.25) is 0 Å². The minimum Gasteiger partial charge on any atom is -0.392 e. The molecule has 178 valence electrons. The van der Waals surface area contributed by atoms with Crippen molar-refractivity contribution in [2.45, 2.75) is 64.5 Å². The van der Waals surface area contributed by atoms with Gasteiger partial charge in [-0.2, -0.15) is 26.3 Å². The third kappa shape index (κ3) is 6.38. The van der Waals surface area contributed by atoms with Gasteiger partial charge in [0.15, 0.2) is 0 Å². The molecule has 0 bridgehead atoms. The van der Waals surface area contributed by atoms with E-state index in [4.69, 9.17) is 0 Å². The van der Waals surface area contributed by atoms with Crippen LogP contribution in [0, 0.1) is 0 Å². The molecule has 0 amide bonds. The number of rotatable bonds is 0.